The van der Waals surface area contributed by atoms with E-state index in [9.17, 15) is 0 Å². The van der Waals surface area contributed by atoms with Crippen LogP contribution in [-0.2, 0) is 5.33 Å². The summed E-state index contributed by atoms with van der Waals surface area (Å²) >= 11 is 3.53. The number of nitrogens with zero attached hydrogens (tertiary/aromatic N) is 5. The Kier molecular flexibility index (Phi) is 4.11. The topological polar surface area (TPSA) is 45.2 Å². The van der Waals surface area contributed by atoms with Crippen molar-refractivity contribution in [2.45, 2.75) is 5.33 Å². The number of rotatable bonds is 3. The Morgan fingerprint density at radius 1 is 0.900 bits per heavy atom. The van der Waals surface area contributed by atoms with E-state index in [1.807, 2.05) is 18.3 Å². The molecule has 0 radical (unpaired) electrons. The molecular formula is C14H16BrN5. The maximum Gasteiger partial charge on any atom is 0.225 e. The van der Waals surface area contributed by atoms with Gasteiger partial charge in [-0.05, 0) is 12.1 Å². The van der Waals surface area contributed by atoms with Crippen LogP contribution in [0.4, 0.5) is 11.8 Å². The van der Waals surface area contributed by atoms with Gasteiger partial charge in [0.2, 0.25) is 5.95 Å². The average molecular weight is 334 g/mol. The largest absolute Gasteiger partial charge is 0.353 e. The van der Waals surface area contributed by atoms with Crippen LogP contribution in [0.1, 0.15) is 5.56 Å². The van der Waals surface area contributed by atoms with Crippen molar-refractivity contribution in [3.63, 3.8) is 0 Å². The van der Waals surface area contributed by atoms with Crippen molar-refractivity contribution in [3.8, 4) is 0 Å². The van der Waals surface area contributed by atoms with E-state index < -0.39 is 0 Å². The van der Waals surface area contributed by atoms with E-state index in [4.69, 9.17) is 0 Å². The molecule has 2 aromatic heterocycles. The highest BCUT2D eigenvalue weighted by Crippen LogP contribution is 2.21. The van der Waals surface area contributed by atoms with Gasteiger partial charge in [-0.1, -0.05) is 22.0 Å². The quantitative estimate of drug-likeness (QED) is 0.805. The molecule has 3 rings (SSSR count). The van der Waals surface area contributed by atoms with Gasteiger partial charge in [-0.2, -0.15) is 0 Å². The lowest BCUT2D eigenvalue weighted by molar-refractivity contribution is 0.633. The van der Waals surface area contributed by atoms with Crippen LogP contribution < -0.4 is 9.80 Å². The van der Waals surface area contributed by atoms with E-state index in [1.165, 1.54) is 5.56 Å². The second-order valence-electron chi connectivity index (χ2n) is 4.64. The molecule has 0 spiro atoms. The summed E-state index contributed by atoms with van der Waals surface area (Å²) in [6, 6.07) is 5.94. The van der Waals surface area contributed by atoms with Gasteiger partial charge in [-0.15, -0.1) is 0 Å². The first-order valence-corrected chi connectivity index (χ1v) is 7.77. The Balaban J connectivity index is 1.70. The van der Waals surface area contributed by atoms with Crippen LogP contribution in [-0.4, -0.2) is 41.1 Å². The van der Waals surface area contributed by atoms with E-state index in [0.29, 0.717) is 0 Å². The lowest BCUT2D eigenvalue weighted by Crippen LogP contribution is -2.47. The first kappa shape index (κ1) is 13.3. The average Bonchev–Trinajstić information content (AvgIpc) is 2.56. The molecule has 5 nitrogen and oxygen atoms in total. The molecule has 1 aliphatic heterocycles. The zero-order chi connectivity index (χ0) is 13.8. The summed E-state index contributed by atoms with van der Waals surface area (Å²) in [7, 11) is 0. The Morgan fingerprint density at radius 2 is 1.55 bits per heavy atom. The lowest BCUT2D eigenvalue weighted by atomic mass is 10.2. The molecule has 104 valence electrons. The molecule has 3 heterocycles. The van der Waals surface area contributed by atoms with Gasteiger partial charge in [0.05, 0.1) is 0 Å². The van der Waals surface area contributed by atoms with Gasteiger partial charge < -0.3 is 9.80 Å². The molecule has 6 heteroatoms. The van der Waals surface area contributed by atoms with Crippen molar-refractivity contribution in [3.05, 3.63) is 42.4 Å². The minimum atomic E-state index is 0.814. The molecule has 0 bridgehead atoms. The summed E-state index contributed by atoms with van der Waals surface area (Å²) in [5.74, 6) is 1.90. The third-order valence-electron chi connectivity index (χ3n) is 3.43. The van der Waals surface area contributed by atoms with Crippen LogP contribution in [0, 0.1) is 0 Å². The zero-order valence-corrected chi connectivity index (χ0v) is 12.7. The van der Waals surface area contributed by atoms with Crippen molar-refractivity contribution in [1.82, 2.24) is 15.0 Å². The number of piperazine rings is 1. The Hall–Kier alpha value is -1.69. The number of aromatic nitrogens is 3. The van der Waals surface area contributed by atoms with E-state index in [-0.39, 0.29) is 0 Å². The molecule has 0 N–H and O–H groups in total. The summed E-state index contributed by atoms with van der Waals surface area (Å²) in [5, 5.41) is 0.832. The zero-order valence-electron chi connectivity index (χ0n) is 11.1. The number of alkyl halides is 1. The monoisotopic (exact) mass is 333 g/mol. The van der Waals surface area contributed by atoms with Gasteiger partial charge in [0.25, 0.3) is 0 Å². The van der Waals surface area contributed by atoms with Gasteiger partial charge >= 0.3 is 0 Å². The Bertz CT molecular complexity index is 555. The van der Waals surface area contributed by atoms with Crippen LogP contribution in [0.25, 0.3) is 0 Å². The highest BCUT2D eigenvalue weighted by molar-refractivity contribution is 9.08. The highest BCUT2D eigenvalue weighted by atomic mass is 79.9. The van der Waals surface area contributed by atoms with E-state index in [2.05, 4.69) is 46.7 Å². The second-order valence-corrected chi connectivity index (χ2v) is 5.20. The van der Waals surface area contributed by atoms with Crippen molar-refractivity contribution in [2.24, 2.45) is 0 Å². The molecular weight excluding hydrogens is 318 g/mol. The lowest BCUT2D eigenvalue weighted by Gasteiger charge is -2.36. The molecule has 1 aliphatic rings. The summed E-state index contributed by atoms with van der Waals surface area (Å²) < 4.78 is 0. The maximum atomic E-state index is 4.52. The van der Waals surface area contributed by atoms with E-state index in [1.54, 1.807) is 12.4 Å². The van der Waals surface area contributed by atoms with Crippen molar-refractivity contribution in [2.75, 3.05) is 36.0 Å². The third-order valence-corrected chi connectivity index (χ3v) is 4.03. The van der Waals surface area contributed by atoms with Crippen LogP contribution in [0.3, 0.4) is 0 Å². The summed E-state index contributed by atoms with van der Waals surface area (Å²) in [5.41, 5.74) is 1.23. The molecule has 0 aliphatic carbocycles. The van der Waals surface area contributed by atoms with Gasteiger partial charge in [-0.3, -0.25) is 0 Å². The number of hydrogen-bond donors (Lipinski definition) is 0. The smallest absolute Gasteiger partial charge is 0.225 e. The number of pyridine rings is 1. The standard InChI is InChI=1S/C14H16BrN5/c15-11-12-3-1-4-16-13(12)19-7-9-20(10-8-19)14-17-5-2-6-18-14/h1-6H,7-11H2. The molecule has 2 aromatic rings. The molecule has 0 saturated carbocycles. The molecule has 0 unspecified atom stereocenters. The van der Waals surface area contributed by atoms with Crippen LogP contribution in [0.15, 0.2) is 36.8 Å². The van der Waals surface area contributed by atoms with Crippen molar-refractivity contribution >= 4 is 27.7 Å². The minimum Gasteiger partial charge on any atom is -0.353 e. The van der Waals surface area contributed by atoms with Gasteiger partial charge in [0.1, 0.15) is 5.82 Å². The number of halogens is 1. The van der Waals surface area contributed by atoms with Crippen molar-refractivity contribution < 1.29 is 0 Å². The normalized spacial score (nSPS) is 15.4. The predicted octanol–water partition coefficient (Wildman–Crippen LogP) is 2.09. The maximum absolute atomic E-state index is 4.52. The summed E-state index contributed by atoms with van der Waals surface area (Å²) in [4.78, 5) is 17.7. The van der Waals surface area contributed by atoms with E-state index in [0.717, 1.165) is 43.3 Å². The number of hydrogen-bond acceptors (Lipinski definition) is 5. The molecule has 0 atom stereocenters. The molecule has 1 saturated heterocycles. The molecule has 20 heavy (non-hydrogen) atoms. The fraction of sp³-hybridized carbons (Fsp3) is 0.357. The van der Waals surface area contributed by atoms with E-state index >= 15 is 0 Å². The fourth-order valence-corrected chi connectivity index (χ4v) is 2.83. The van der Waals surface area contributed by atoms with Crippen LogP contribution in [0.2, 0.25) is 0 Å². The van der Waals surface area contributed by atoms with Crippen LogP contribution in [0.5, 0.6) is 0 Å². The minimum absolute atomic E-state index is 0.814. The number of anilines is 2. The molecule has 1 fully saturated rings. The second kappa shape index (κ2) is 6.17. The highest BCUT2D eigenvalue weighted by Gasteiger charge is 2.21. The van der Waals surface area contributed by atoms with Gasteiger partial charge in [0.15, 0.2) is 0 Å². The first-order valence-electron chi connectivity index (χ1n) is 6.65. The summed E-state index contributed by atoms with van der Waals surface area (Å²) in [6.45, 7) is 3.72. The predicted molar refractivity (Wildman–Crippen MR) is 83.3 cm³/mol. The Labute approximate surface area is 126 Å². The van der Waals surface area contributed by atoms with Gasteiger partial charge in [0, 0.05) is 55.7 Å². The SMILES string of the molecule is BrCc1cccnc1N1CCN(c2ncccn2)CC1. The fourth-order valence-electron chi connectivity index (χ4n) is 2.39. The van der Waals surface area contributed by atoms with Crippen LogP contribution >= 0.6 is 15.9 Å². The van der Waals surface area contributed by atoms with Crippen molar-refractivity contribution in [1.29, 1.82) is 0 Å². The summed E-state index contributed by atoms with van der Waals surface area (Å²) in [6.07, 6.45) is 5.43. The Morgan fingerprint density at radius 3 is 2.25 bits per heavy atom. The molecule has 0 amide bonds. The third kappa shape index (κ3) is 2.75. The molecule has 0 aromatic carbocycles. The van der Waals surface area contributed by atoms with Gasteiger partial charge in [-0.25, -0.2) is 15.0 Å². The first-order chi connectivity index (χ1) is 9.88.